The molecule has 0 bridgehead atoms. The van der Waals surface area contributed by atoms with E-state index in [0.29, 0.717) is 13.2 Å². The number of hydrogen-bond donors (Lipinski definition) is 0. The second kappa shape index (κ2) is 6.78. The van der Waals surface area contributed by atoms with E-state index < -0.39 is 0 Å². The molecule has 0 saturated heterocycles. The van der Waals surface area contributed by atoms with Crippen molar-refractivity contribution < 1.29 is 9.47 Å². The minimum atomic E-state index is -0.0261. The van der Waals surface area contributed by atoms with Crippen molar-refractivity contribution >= 4 is 27.5 Å². The van der Waals surface area contributed by atoms with Gasteiger partial charge in [0.05, 0.1) is 16.5 Å². The zero-order chi connectivity index (χ0) is 13.8. The number of methoxy groups -OCH3 is 1. The minimum Gasteiger partial charge on any atom is -0.490 e. The molecule has 1 unspecified atom stereocenters. The van der Waals surface area contributed by atoms with E-state index in [1.165, 1.54) is 0 Å². The fourth-order valence-corrected chi connectivity index (χ4v) is 2.17. The number of ether oxygens (including phenoxy) is 2. The first kappa shape index (κ1) is 15.8. The van der Waals surface area contributed by atoms with Gasteiger partial charge in [-0.3, -0.25) is 0 Å². The zero-order valence-corrected chi connectivity index (χ0v) is 13.6. The molecule has 0 saturated carbocycles. The average molecular weight is 336 g/mol. The van der Waals surface area contributed by atoms with E-state index in [1.807, 2.05) is 18.2 Å². The van der Waals surface area contributed by atoms with Crippen LogP contribution in [0.5, 0.6) is 5.75 Å². The van der Waals surface area contributed by atoms with Gasteiger partial charge in [-0.15, -0.1) is 11.6 Å². The van der Waals surface area contributed by atoms with E-state index in [-0.39, 0.29) is 10.8 Å². The van der Waals surface area contributed by atoms with Crippen LogP contribution in [0.15, 0.2) is 22.7 Å². The van der Waals surface area contributed by atoms with E-state index in [4.69, 9.17) is 21.1 Å². The van der Waals surface area contributed by atoms with Crippen LogP contribution in [0.4, 0.5) is 0 Å². The summed E-state index contributed by atoms with van der Waals surface area (Å²) >= 11 is 9.96. The molecule has 0 N–H and O–H groups in total. The van der Waals surface area contributed by atoms with Crippen molar-refractivity contribution in [1.82, 2.24) is 0 Å². The summed E-state index contributed by atoms with van der Waals surface area (Å²) in [7, 11) is 1.66. The maximum absolute atomic E-state index is 6.45. The highest BCUT2D eigenvalue weighted by molar-refractivity contribution is 9.10. The van der Waals surface area contributed by atoms with Gasteiger partial charge in [-0.25, -0.2) is 0 Å². The Morgan fingerprint density at radius 2 is 1.94 bits per heavy atom. The third-order valence-electron chi connectivity index (χ3n) is 2.55. The number of halogens is 2. The lowest BCUT2D eigenvalue weighted by atomic mass is 9.87. The van der Waals surface area contributed by atoms with Crippen LogP contribution in [0.3, 0.4) is 0 Å². The van der Waals surface area contributed by atoms with E-state index in [9.17, 15) is 0 Å². The minimum absolute atomic E-state index is 0.0261. The van der Waals surface area contributed by atoms with Gasteiger partial charge in [0.25, 0.3) is 0 Å². The summed E-state index contributed by atoms with van der Waals surface area (Å²) in [5.74, 6) is 0.813. The van der Waals surface area contributed by atoms with E-state index in [2.05, 4.69) is 36.7 Å². The Hall–Kier alpha value is -0.250. The molecule has 102 valence electrons. The highest BCUT2D eigenvalue weighted by Gasteiger charge is 2.24. The molecule has 0 fully saturated rings. The topological polar surface area (TPSA) is 18.5 Å². The first-order valence-corrected chi connectivity index (χ1v) is 7.14. The smallest absolute Gasteiger partial charge is 0.133 e. The second-order valence-corrected chi connectivity index (χ2v) is 6.55. The molecule has 0 heterocycles. The van der Waals surface area contributed by atoms with E-state index in [0.717, 1.165) is 15.8 Å². The Kier molecular flexibility index (Phi) is 5.96. The summed E-state index contributed by atoms with van der Waals surface area (Å²) < 4.78 is 11.5. The Morgan fingerprint density at radius 1 is 1.28 bits per heavy atom. The molecule has 0 spiro atoms. The first-order chi connectivity index (χ1) is 8.36. The molecule has 0 aliphatic rings. The van der Waals surface area contributed by atoms with E-state index >= 15 is 0 Å². The summed E-state index contributed by atoms with van der Waals surface area (Å²) in [5.41, 5.74) is 1.12. The summed E-state index contributed by atoms with van der Waals surface area (Å²) in [6.07, 6.45) is 0. The van der Waals surface area contributed by atoms with Crippen molar-refractivity contribution in [2.75, 3.05) is 20.3 Å². The van der Waals surface area contributed by atoms with Gasteiger partial charge < -0.3 is 9.47 Å². The molecule has 0 amide bonds. The molecular formula is C14H20BrClO2. The van der Waals surface area contributed by atoms with Gasteiger partial charge in [-0.1, -0.05) is 26.8 Å². The fraction of sp³-hybridized carbons (Fsp3) is 0.571. The molecule has 1 atom stereocenters. The molecule has 18 heavy (non-hydrogen) atoms. The molecule has 0 aliphatic heterocycles. The van der Waals surface area contributed by atoms with Crippen LogP contribution < -0.4 is 4.74 Å². The van der Waals surface area contributed by atoms with Crippen molar-refractivity contribution in [3.05, 3.63) is 28.2 Å². The summed E-state index contributed by atoms with van der Waals surface area (Å²) in [6.45, 7) is 7.50. The molecule has 1 aromatic carbocycles. The lowest BCUT2D eigenvalue weighted by Crippen LogP contribution is -2.13. The maximum Gasteiger partial charge on any atom is 0.133 e. The number of benzene rings is 1. The van der Waals surface area contributed by atoms with Gasteiger partial charge in [-0.2, -0.15) is 0 Å². The van der Waals surface area contributed by atoms with Crippen LogP contribution in [-0.2, 0) is 4.74 Å². The molecule has 2 nitrogen and oxygen atoms in total. The SMILES string of the molecule is COCCOc1ccc(C(Cl)C(C)(C)C)cc1Br. The molecule has 0 aromatic heterocycles. The Bertz CT molecular complexity index is 388. The van der Waals surface area contributed by atoms with Crippen molar-refractivity contribution in [2.24, 2.45) is 5.41 Å². The monoisotopic (exact) mass is 334 g/mol. The zero-order valence-electron chi connectivity index (χ0n) is 11.3. The van der Waals surface area contributed by atoms with Gasteiger partial charge in [-0.05, 0) is 39.0 Å². The highest BCUT2D eigenvalue weighted by Crippen LogP contribution is 2.40. The lowest BCUT2D eigenvalue weighted by Gasteiger charge is -2.25. The standard InChI is InChI=1S/C14H20BrClO2/c1-14(2,3)13(16)10-5-6-12(11(15)9-10)18-8-7-17-4/h5-6,9,13H,7-8H2,1-4H3. The maximum atomic E-state index is 6.45. The summed E-state index contributed by atoms with van der Waals surface area (Å²) in [6, 6.07) is 5.97. The molecule has 0 radical (unpaired) electrons. The molecule has 0 aliphatic carbocycles. The van der Waals surface area contributed by atoms with Gasteiger partial charge in [0.1, 0.15) is 12.4 Å². The van der Waals surface area contributed by atoms with Crippen molar-refractivity contribution in [3.8, 4) is 5.75 Å². The van der Waals surface area contributed by atoms with Gasteiger partial charge in [0, 0.05) is 7.11 Å². The quantitative estimate of drug-likeness (QED) is 0.568. The third kappa shape index (κ3) is 4.45. The van der Waals surface area contributed by atoms with Gasteiger partial charge >= 0.3 is 0 Å². The van der Waals surface area contributed by atoms with Crippen molar-refractivity contribution in [2.45, 2.75) is 26.1 Å². The molecule has 1 rings (SSSR count). The third-order valence-corrected chi connectivity index (χ3v) is 4.08. The van der Waals surface area contributed by atoms with Gasteiger partial charge in [0.15, 0.2) is 0 Å². The van der Waals surface area contributed by atoms with Crippen LogP contribution in [0.2, 0.25) is 0 Å². The number of rotatable bonds is 5. The van der Waals surface area contributed by atoms with Crippen LogP contribution in [0.25, 0.3) is 0 Å². The van der Waals surface area contributed by atoms with Crippen LogP contribution in [0.1, 0.15) is 31.7 Å². The van der Waals surface area contributed by atoms with Crippen LogP contribution in [0, 0.1) is 5.41 Å². The van der Waals surface area contributed by atoms with Crippen LogP contribution >= 0.6 is 27.5 Å². The van der Waals surface area contributed by atoms with Crippen LogP contribution in [-0.4, -0.2) is 20.3 Å². The number of hydrogen-bond acceptors (Lipinski definition) is 2. The fourth-order valence-electron chi connectivity index (χ4n) is 1.53. The van der Waals surface area contributed by atoms with Crippen molar-refractivity contribution in [1.29, 1.82) is 0 Å². The largest absolute Gasteiger partial charge is 0.490 e. The lowest BCUT2D eigenvalue weighted by molar-refractivity contribution is 0.146. The summed E-state index contributed by atoms with van der Waals surface area (Å²) in [4.78, 5) is 0. The molecule has 1 aromatic rings. The first-order valence-electron chi connectivity index (χ1n) is 5.91. The average Bonchev–Trinajstić information content (AvgIpc) is 2.29. The Balaban J connectivity index is 2.79. The Morgan fingerprint density at radius 3 is 2.44 bits per heavy atom. The number of alkyl halides is 1. The highest BCUT2D eigenvalue weighted by atomic mass is 79.9. The second-order valence-electron chi connectivity index (χ2n) is 5.26. The normalized spacial score (nSPS) is 13.4. The predicted molar refractivity (Wildman–Crippen MR) is 79.6 cm³/mol. The molecular weight excluding hydrogens is 316 g/mol. The molecule has 4 heteroatoms. The van der Waals surface area contributed by atoms with Gasteiger partial charge in [0.2, 0.25) is 0 Å². The summed E-state index contributed by atoms with van der Waals surface area (Å²) in [5, 5.41) is -0.0261. The van der Waals surface area contributed by atoms with E-state index in [1.54, 1.807) is 7.11 Å². The van der Waals surface area contributed by atoms with Crippen molar-refractivity contribution in [3.63, 3.8) is 0 Å². The Labute approximate surface area is 123 Å². The predicted octanol–water partition coefficient (Wildman–Crippen LogP) is 4.80.